The Morgan fingerprint density at radius 3 is 2.30 bits per heavy atom. The molecule has 14 nitrogen and oxygen atoms in total. The molecule has 16 heteroatoms. The van der Waals surface area contributed by atoms with Gasteiger partial charge in [-0.3, -0.25) is 4.57 Å². The third-order valence-electron chi connectivity index (χ3n) is 7.16. The molecule has 5 atom stereocenters. The quantitative estimate of drug-likeness (QED) is 0.109. The fourth-order valence-electron chi connectivity index (χ4n) is 4.78. The number of aromatic carboxylic acids is 1. The maximum Gasteiger partial charge on any atom is 0.341 e. The Labute approximate surface area is 246 Å². The molecule has 226 valence electrons. The molecule has 2 aromatic heterocycles. The summed E-state index contributed by atoms with van der Waals surface area (Å²) in [4.78, 5) is 35.2. The van der Waals surface area contributed by atoms with Gasteiger partial charge in [0.1, 0.15) is 17.7 Å². The van der Waals surface area contributed by atoms with E-state index in [0.717, 1.165) is 4.57 Å². The number of nitrogens with zero attached hydrogens (tertiary/aromatic N) is 4. The number of halogens is 2. The SMILES string of the molecule is Nc1nc(Cl)nc2c1ncn2[C@@H]1O[C@H](COC(Cc2ccc(-c3ccc(C(=O)O)cc3)cc2)(C(=O)O)C(O)O)[C@@H](O)[C@@H]1F. The van der Waals surface area contributed by atoms with Crippen molar-refractivity contribution in [2.45, 2.75) is 42.9 Å². The summed E-state index contributed by atoms with van der Waals surface area (Å²) in [5.74, 6) is -2.85. The van der Waals surface area contributed by atoms with Crippen LogP contribution in [0, 0.1) is 0 Å². The highest BCUT2D eigenvalue weighted by atomic mass is 35.5. The van der Waals surface area contributed by atoms with Gasteiger partial charge in [-0.15, -0.1) is 0 Å². The molecule has 3 heterocycles. The van der Waals surface area contributed by atoms with Gasteiger partial charge in [-0.25, -0.2) is 19.0 Å². The third kappa shape index (κ3) is 5.73. The first-order chi connectivity index (χ1) is 20.4. The summed E-state index contributed by atoms with van der Waals surface area (Å²) in [6.07, 6.45) is -8.63. The molecule has 0 aliphatic carbocycles. The van der Waals surface area contributed by atoms with Crippen molar-refractivity contribution in [3.8, 4) is 11.1 Å². The van der Waals surface area contributed by atoms with Gasteiger partial charge in [0.2, 0.25) is 10.9 Å². The Kier molecular flexibility index (Phi) is 8.29. The number of fused-ring (bicyclic) bond motifs is 1. The average Bonchev–Trinajstić information content (AvgIpc) is 3.51. The molecular weight excluding hydrogens is 593 g/mol. The van der Waals surface area contributed by atoms with Gasteiger partial charge >= 0.3 is 11.9 Å². The van der Waals surface area contributed by atoms with E-state index in [1.165, 1.54) is 18.5 Å². The second kappa shape index (κ2) is 11.8. The molecule has 0 bridgehead atoms. The van der Waals surface area contributed by atoms with Crippen LogP contribution >= 0.6 is 11.6 Å². The first-order valence-electron chi connectivity index (χ1n) is 12.7. The lowest BCUT2D eigenvalue weighted by Gasteiger charge is -2.32. The van der Waals surface area contributed by atoms with Crippen LogP contribution in [0.1, 0.15) is 22.1 Å². The minimum atomic E-state index is -2.62. The van der Waals surface area contributed by atoms with Crippen molar-refractivity contribution >= 4 is 40.5 Å². The predicted molar refractivity (Wildman–Crippen MR) is 147 cm³/mol. The molecule has 5 rings (SSSR count). The average molecular weight is 618 g/mol. The minimum absolute atomic E-state index is 0.0332. The highest BCUT2D eigenvalue weighted by molar-refractivity contribution is 6.28. The fourth-order valence-corrected chi connectivity index (χ4v) is 4.95. The summed E-state index contributed by atoms with van der Waals surface area (Å²) in [6, 6.07) is 12.5. The molecule has 0 saturated carbocycles. The van der Waals surface area contributed by atoms with Gasteiger partial charge < -0.3 is 40.7 Å². The van der Waals surface area contributed by atoms with Gasteiger partial charge in [0.25, 0.3) is 0 Å². The lowest BCUT2D eigenvalue weighted by molar-refractivity contribution is -0.231. The van der Waals surface area contributed by atoms with Crippen LogP contribution in [0.15, 0.2) is 54.9 Å². The minimum Gasteiger partial charge on any atom is -0.479 e. The van der Waals surface area contributed by atoms with E-state index in [9.17, 15) is 30.0 Å². The van der Waals surface area contributed by atoms with Crippen LogP contribution in [0.25, 0.3) is 22.3 Å². The molecule has 2 aromatic carbocycles. The summed E-state index contributed by atoms with van der Waals surface area (Å²) in [6.45, 7) is -0.736. The number of imidazole rings is 1. The van der Waals surface area contributed by atoms with Crippen LogP contribution in [-0.2, 0) is 20.7 Å². The van der Waals surface area contributed by atoms with Crippen molar-refractivity contribution in [1.29, 1.82) is 0 Å². The molecule has 1 aliphatic rings. The lowest BCUT2D eigenvalue weighted by atomic mass is 9.92. The third-order valence-corrected chi connectivity index (χ3v) is 7.33. The van der Waals surface area contributed by atoms with Crippen LogP contribution in [0.5, 0.6) is 0 Å². The van der Waals surface area contributed by atoms with Gasteiger partial charge in [-0.1, -0.05) is 36.4 Å². The summed E-state index contributed by atoms with van der Waals surface area (Å²) in [7, 11) is 0. The maximum atomic E-state index is 15.2. The van der Waals surface area contributed by atoms with Crippen molar-refractivity contribution in [2.75, 3.05) is 12.3 Å². The Hall–Kier alpha value is -4.25. The Bertz CT molecular complexity index is 1650. The van der Waals surface area contributed by atoms with E-state index in [0.29, 0.717) is 16.7 Å². The number of carbonyl (C=O) groups is 2. The normalized spacial score (nSPS) is 21.7. The monoisotopic (exact) mass is 617 g/mol. The molecule has 4 aromatic rings. The number of hydrogen-bond acceptors (Lipinski definition) is 11. The molecule has 1 fully saturated rings. The Morgan fingerprint density at radius 2 is 1.72 bits per heavy atom. The van der Waals surface area contributed by atoms with Gasteiger partial charge in [-0.2, -0.15) is 9.97 Å². The number of carboxylic acid groups (broad SMARTS) is 2. The van der Waals surface area contributed by atoms with E-state index in [2.05, 4.69) is 15.0 Å². The first kappa shape index (κ1) is 30.2. The lowest BCUT2D eigenvalue weighted by Crippen LogP contribution is -2.55. The van der Waals surface area contributed by atoms with Crippen LogP contribution in [0.2, 0.25) is 5.28 Å². The molecular formula is C27H25ClFN5O9. The number of hydrogen-bond donors (Lipinski definition) is 6. The highest BCUT2D eigenvalue weighted by Gasteiger charge is 2.51. The van der Waals surface area contributed by atoms with E-state index in [4.69, 9.17) is 31.9 Å². The second-order valence-corrected chi connectivity index (χ2v) is 10.2. The number of aliphatic hydroxyl groups is 3. The van der Waals surface area contributed by atoms with E-state index in [1.54, 1.807) is 36.4 Å². The van der Waals surface area contributed by atoms with Crippen molar-refractivity contribution < 1.29 is 49.0 Å². The number of benzene rings is 2. The van der Waals surface area contributed by atoms with Crippen LogP contribution in [0.4, 0.5) is 10.2 Å². The number of anilines is 1. The number of aliphatic carboxylic acids is 1. The number of aliphatic hydroxyl groups excluding tert-OH is 2. The van der Waals surface area contributed by atoms with Crippen molar-refractivity contribution in [2.24, 2.45) is 0 Å². The number of alkyl halides is 1. The zero-order chi connectivity index (χ0) is 31.1. The van der Waals surface area contributed by atoms with Crippen LogP contribution in [0.3, 0.4) is 0 Å². The number of rotatable bonds is 10. The maximum absolute atomic E-state index is 15.2. The highest BCUT2D eigenvalue weighted by Crippen LogP contribution is 2.36. The summed E-state index contributed by atoms with van der Waals surface area (Å²) in [5, 5.41) is 49.7. The van der Waals surface area contributed by atoms with Gasteiger partial charge in [0.15, 0.2) is 30.2 Å². The van der Waals surface area contributed by atoms with Crippen LogP contribution in [-0.4, -0.2) is 93.9 Å². The number of nitrogen functional groups attached to an aromatic ring is 1. The topological polar surface area (TPSA) is 223 Å². The summed E-state index contributed by atoms with van der Waals surface area (Å²) in [5.41, 5.74) is 5.17. The Morgan fingerprint density at radius 1 is 1.09 bits per heavy atom. The molecule has 0 spiro atoms. The fraction of sp³-hybridized carbons (Fsp3) is 0.296. The van der Waals surface area contributed by atoms with Crippen LogP contribution < -0.4 is 5.73 Å². The molecule has 0 radical (unpaired) electrons. The number of nitrogens with two attached hydrogens (primary N) is 1. The first-order valence-corrected chi connectivity index (χ1v) is 13.1. The van der Waals surface area contributed by atoms with E-state index in [-0.39, 0.29) is 27.8 Å². The predicted octanol–water partition coefficient (Wildman–Crippen LogP) is 1.42. The van der Waals surface area contributed by atoms with E-state index >= 15 is 4.39 Å². The molecule has 0 amide bonds. The standard InChI is InChI=1S/C27H25ClFN5O9/c28-26-32-20(30)18-21(33-26)34(11-31-18)22-17(29)19(35)16(43-22)10-42-27(24(38)39,25(40)41)9-12-1-3-13(4-2-12)14-5-7-15(8-6-14)23(36)37/h1-8,11,16-17,19,22,24,35,38-39H,9-10H2,(H,36,37)(H,40,41)(H2,30,32,33)/t16-,17+,19-,22-,27?/m1/s1. The second-order valence-electron chi connectivity index (χ2n) is 9.84. The smallest absolute Gasteiger partial charge is 0.341 e. The molecule has 1 saturated heterocycles. The summed E-state index contributed by atoms with van der Waals surface area (Å²) >= 11 is 5.86. The van der Waals surface area contributed by atoms with Crippen molar-refractivity contribution in [3.05, 3.63) is 71.3 Å². The molecule has 1 unspecified atom stereocenters. The number of aromatic nitrogens is 4. The van der Waals surface area contributed by atoms with Gasteiger partial charge in [0.05, 0.1) is 18.5 Å². The zero-order valence-electron chi connectivity index (χ0n) is 22.0. The number of carboxylic acids is 2. The van der Waals surface area contributed by atoms with Gasteiger partial charge in [0, 0.05) is 6.42 Å². The Balaban J connectivity index is 1.33. The zero-order valence-corrected chi connectivity index (χ0v) is 22.7. The summed E-state index contributed by atoms with van der Waals surface area (Å²) < 4.78 is 27.5. The number of ether oxygens (including phenoxy) is 2. The van der Waals surface area contributed by atoms with E-state index < -0.39 is 61.5 Å². The largest absolute Gasteiger partial charge is 0.479 e. The van der Waals surface area contributed by atoms with Gasteiger partial charge in [-0.05, 0) is 40.4 Å². The molecule has 1 aliphatic heterocycles. The molecule has 7 N–H and O–H groups in total. The molecule has 43 heavy (non-hydrogen) atoms. The van der Waals surface area contributed by atoms with Crippen molar-refractivity contribution in [1.82, 2.24) is 19.5 Å². The van der Waals surface area contributed by atoms with Crippen molar-refractivity contribution in [3.63, 3.8) is 0 Å². The van der Waals surface area contributed by atoms with E-state index in [1.807, 2.05) is 0 Å².